The molecule has 2 N–H and O–H groups in total. The van der Waals surface area contributed by atoms with Crippen LogP contribution < -0.4 is 15.4 Å². The third kappa shape index (κ3) is 5.87. The van der Waals surface area contributed by atoms with Gasteiger partial charge in [0.1, 0.15) is 11.8 Å². The number of hydrogen-bond acceptors (Lipinski definition) is 3. The maximum atomic E-state index is 12.0. The molecular formula is C19H28N2O3. The highest BCUT2D eigenvalue weighted by atomic mass is 16.5. The maximum absolute atomic E-state index is 12.0. The minimum absolute atomic E-state index is 0.0120. The van der Waals surface area contributed by atoms with Crippen LogP contribution >= 0.6 is 0 Å². The lowest BCUT2D eigenvalue weighted by atomic mass is 10.1. The lowest BCUT2D eigenvalue weighted by molar-refractivity contribution is -0.130. The van der Waals surface area contributed by atoms with Gasteiger partial charge in [0, 0.05) is 12.5 Å². The molecule has 1 aliphatic rings. The Bertz CT molecular complexity index is 553. The van der Waals surface area contributed by atoms with Gasteiger partial charge in [-0.15, -0.1) is 0 Å². The molecule has 1 aliphatic carbocycles. The van der Waals surface area contributed by atoms with Gasteiger partial charge in [0.25, 0.3) is 0 Å². The van der Waals surface area contributed by atoms with E-state index in [-0.39, 0.29) is 17.7 Å². The summed E-state index contributed by atoms with van der Waals surface area (Å²) >= 11 is 0. The molecule has 1 aromatic carbocycles. The molecule has 5 nitrogen and oxygen atoms in total. The van der Waals surface area contributed by atoms with Crippen LogP contribution in [0.25, 0.3) is 0 Å². The molecule has 24 heavy (non-hydrogen) atoms. The third-order valence-corrected chi connectivity index (χ3v) is 4.36. The van der Waals surface area contributed by atoms with Crippen molar-refractivity contribution in [3.63, 3.8) is 0 Å². The van der Waals surface area contributed by atoms with Gasteiger partial charge in [-0.2, -0.15) is 0 Å². The number of rotatable bonds is 8. The van der Waals surface area contributed by atoms with E-state index in [1.165, 1.54) is 0 Å². The standard InChI is InChI=1S/C19H28N2O3/c1-14-7-5-10-17(13-14)24-12-6-11-20-18(22)15(2)21-19(23)16-8-3-4-9-16/h5,7,10,13,15-16H,3-4,6,8-9,11-12H2,1-2H3,(H,20,22)(H,21,23)/t15-/m0/s1. The monoisotopic (exact) mass is 332 g/mol. The van der Waals surface area contributed by atoms with Gasteiger partial charge in [-0.3, -0.25) is 9.59 Å². The van der Waals surface area contributed by atoms with Crippen molar-refractivity contribution in [2.24, 2.45) is 5.92 Å². The quantitative estimate of drug-likeness (QED) is 0.719. The molecule has 0 spiro atoms. The Morgan fingerprint density at radius 2 is 2.04 bits per heavy atom. The second kappa shape index (κ2) is 9.30. The van der Waals surface area contributed by atoms with Crippen molar-refractivity contribution in [1.29, 1.82) is 0 Å². The lowest BCUT2D eigenvalue weighted by Gasteiger charge is -2.16. The van der Waals surface area contributed by atoms with Crippen molar-refractivity contribution in [2.75, 3.05) is 13.2 Å². The summed E-state index contributed by atoms with van der Waals surface area (Å²) in [6.45, 7) is 4.83. The molecule has 132 valence electrons. The highest BCUT2D eigenvalue weighted by molar-refractivity contribution is 5.88. The number of carbonyl (C=O) groups excluding carboxylic acids is 2. The Kier molecular flexibility index (Phi) is 7.09. The zero-order valence-electron chi connectivity index (χ0n) is 14.6. The van der Waals surface area contributed by atoms with Gasteiger partial charge >= 0.3 is 0 Å². The second-order valence-corrected chi connectivity index (χ2v) is 6.52. The van der Waals surface area contributed by atoms with Crippen LogP contribution in [-0.4, -0.2) is 31.0 Å². The van der Waals surface area contributed by atoms with Gasteiger partial charge in [0.15, 0.2) is 0 Å². The molecule has 1 atom stereocenters. The van der Waals surface area contributed by atoms with Crippen LogP contribution in [0.4, 0.5) is 0 Å². The van der Waals surface area contributed by atoms with Crippen LogP contribution in [0.1, 0.15) is 44.6 Å². The summed E-state index contributed by atoms with van der Waals surface area (Å²) in [6, 6.07) is 7.40. The van der Waals surface area contributed by atoms with Crippen LogP contribution in [0.3, 0.4) is 0 Å². The summed E-state index contributed by atoms with van der Waals surface area (Å²) in [5.41, 5.74) is 1.16. The second-order valence-electron chi connectivity index (χ2n) is 6.52. The predicted molar refractivity (Wildman–Crippen MR) is 93.9 cm³/mol. The zero-order valence-corrected chi connectivity index (χ0v) is 14.6. The first-order valence-corrected chi connectivity index (χ1v) is 8.84. The van der Waals surface area contributed by atoms with Gasteiger partial charge in [0.2, 0.25) is 11.8 Å². The molecule has 1 saturated carbocycles. The Morgan fingerprint density at radius 1 is 1.29 bits per heavy atom. The Hall–Kier alpha value is -2.04. The molecule has 0 heterocycles. The number of aryl methyl sites for hydroxylation is 1. The molecule has 2 amide bonds. The van der Waals surface area contributed by atoms with Gasteiger partial charge in [0.05, 0.1) is 6.61 Å². The zero-order chi connectivity index (χ0) is 17.4. The third-order valence-electron chi connectivity index (χ3n) is 4.36. The van der Waals surface area contributed by atoms with Gasteiger partial charge in [-0.1, -0.05) is 25.0 Å². The normalized spacial score (nSPS) is 15.8. The summed E-state index contributed by atoms with van der Waals surface area (Å²) in [4.78, 5) is 24.0. The first-order chi connectivity index (χ1) is 11.6. The molecule has 0 aromatic heterocycles. The predicted octanol–water partition coefficient (Wildman–Crippen LogP) is 2.58. The minimum atomic E-state index is -0.490. The van der Waals surface area contributed by atoms with E-state index < -0.39 is 6.04 Å². The van der Waals surface area contributed by atoms with Crippen molar-refractivity contribution < 1.29 is 14.3 Å². The van der Waals surface area contributed by atoms with Crippen molar-refractivity contribution in [2.45, 2.75) is 52.0 Å². The summed E-state index contributed by atoms with van der Waals surface area (Å²) < 4.78 is 5.64. The van der Waals surface area contributed by atoms with Gasteiger partial charge in [-0.25, -0.2) is 0 Å². The fraction of sp³-hybridized carbons (Fsp3) is 0.579. The average molecular weight is 332 g/mol. The van der Waals surface area contributed by atoms with E-state index in [1.54, 1.807) is 6.92 Å². The largest absolute Gasteiger partial charge is 0.494 e. The Balaban J connectivity index is 1.59. The molecule has 0 saturated heterocycles. The molecule has 1 fully saturated rings. The van der Waals surface area contributed by atoms with Crippen LogP contribution in [0.15, 0.2) is 24.3 Å². The van der Waals surface area contributed by atoms with E-state index in [0.29, 0.717) is 13.2 Å². The highest BCUT2D eigenvalue weighted by Gasteiger charge is 2.25. The van der Waals surface area contributed by atoms with Crippen molar-refractivity contribution in [3.05, 3.63) is 29.8 Å². The van der Waals surface area contributed by atoms with Crippen LogP contribution in [0, 0.1) is 12.8 Å². The molecule has 0 aliphatic heterocycles. The topological polar surface area (TPSA) is 67.4 Å². The number of amides is 2. The summed E-state index contributed by atoms with van der Waals surface area (Å²) in [5.74, 6) is 0.802. The maximum Gasteiger partial charge on any atom is 0.242 e. The molecule has 2 rings (SSSR count). The van der Waals surface area contributed by atoms with Crippen molar-refractivity contribution in [1.82, 2.24) is 10.6 Å². The number of carbonyl (C=O) groups is 2. The summed E-state index contributed by atoms with van der Waals surface area (Å²) in [5, 5.41) is 5.65. The van der Waals surface area contributed by atoms with E-state index in [9.17, 15) is 9.59 Å². The highest BCUT2D eigenvalue weighted by Crippen LogP contribution is 2.24. The number of benzene rings is 1. The number of nitrogens with one attached hydrogen (secondary N) is 2. The first-order valence-electron chi connectivity index (χ1n) is 8.84. The SMILES string of the molecule is Cc1cccc(OCCCNC(=O)[C@H](C)NC(=O)C2CCCC2)c1. The van der Waals surface area contributed by atoms with E-state index >= 15 is 0 Å². The van der Waals surface area contributed by atoms with Gasteiger partial charge in [-0.05, 0) is 50.8 Å². The van der Waals surface area contributed by atoms with E-state index in [4.69, 9.17) is 4.74 Å². The smallest absolute Gasteiger partial charge is 0.242 e. The van der Waals surface area contributed by atoms with Gasteiger partial charge < -0.3 is 15.4 Å². The number of ether oxygens (including phenoxy) is 1. The first kappa shape index (κ1) is 18.3. The van der Waals surface area contributed by atoms with Crippen LogP contribution in [0.5, 0.6) is 5.75 Å². The molecule has 0 radical (unpaired) electrons. The lowest BCUT2D eigenvalue weighted by Crippen LogP contribution is -2.46. The molecule has 0 bridgehead atoms. The van der Waals surface area contributed by atoms with E-state index in [2.05, 4.69) is 10.6 Å². The average Bonchev–Trinajstić information content (AvgIpc) is 3.09. The van der Waals surface area contributed by atoms with Crippen LogP contribution in [0.2, 0.25) is 0 Å². The molecule has 0 unspecified atom stereocenters. The minimum Gasteiger partial charge on any atom is -0.494 e. The van der Waals surface area contributed by atoms with E-state index in [1.807, 2.05) is 31.2 Å². The fourth-order valence-corrected chi connectivity index (χ4v) is 2.92. The van der Waals surface area contributed by atoms with Crippen LogP contribution in [-0.2, 0) is 9.59 Å². The Morgan fingerprint density at radius 3 is 2.75 bits per heavy atom. The molecular weight excluding hydrogens is 304 g/mol. The summed E-state index contributed by atoms with van der Waals surface area (Å²) in [6.07, 6.45) is 4.83. The number of hydrogen-bond donors (Lipinski definition) is 2. The van der Waals surface area contributed by atoms with Crippen molar-refractivity contribution >= 4 is 11.8 Å². The fourth-order valence-electron chi connectivity index (χ4n) is 2.92. The Labute approximate surface area is 144 Å². The van der Waals surface area contributed by atoms with Crippen molar-refractivity contribution in [3.8, 4) is 5.75 Å². The summed E-state index contributed by atoms with van der Waals surface area (Å²) in [7, 11) is 0. The molecule has 1 aromatic rings. The van der Waals surface area contributed by atoms with E-state index in [0.717, 1.165) is 43.4 Å². The molecule has 5 heteroatoms.